The van der Waals surface area contributed by atoms with Crippen molar-refractivity contribution < 1.29 is 9.53 Å². The zero-order chi connectivity index (χ0) is 14.8. The smallest absolute Gasteiger partial charge is 0.410 e. The molecule has 1 aromatic rings. The molecule has 110 valence electrons. The first-order valence-corrected chi connectivity index (χ1v) is 7.13. The van der Waals surface area contributed by atoms with Crippen LogP contribution in [0.25, 0.3) is 0 Å². The summed E-state index contributed by atoms with van der Waals surface area (Å²) in [6.45, 7) is 6.88. The van der Waals surface area contributed by atoms with Gasteiger partial charge in [-0.25, -0.2) is 4.79 Å². The molecule has 1 aromatic carbocycles. The van der Waals surface area contributed by atoms with Gasteiger partial charge in [0.1, 0.15) is 5.60 Å². The Hall–Kier alpha value is -1.55. The molecule has 1 aliphatic rings. The van der Waals surface area contributed by atoms with Gasteiger partial charge in [-0.05, 0) is 32.8 Å². The molecule has 0 radical (unpaired) electrons. The van der Waals surface area contributed by atoms with Gasteiger partial charge in [-0.15, -0.1) is 0 Å². The lowest BCUT2D eigenvalue weighted by atomic mass is 9.88. The molecule has 0 saturated carbocycles. The number of benzene rings is 1. The topological polar surface area (TPSA) is 55.6 Å². The second-order valence-electron chi connectivity index (χ2n) is 6.49. The van der Waals surface area contributed by atoms with Gasteiger partial charge in [-0.3, -0.25) is 0 Å². The van der Waals surface area contributed by atoms with Gasteiger partial charge in [-0.1, -0.05) is 30.3 Å². The molecule has 0 bridgehead atoms. The average molecular weight is 276 g/mol. The highest BCUT2D eigenvalue weighted by atomic mass is 16.6. The van der Waals surface area contributed by atoms with Crippen LogP contribution < -0.4 is 5.73 Å². The number of carbonyl (C=O) groups excluding carboxylic acids is 1. The maximum Gasteiger partial charge on any atom is 0.410 e. The van der Waals surface area contributed by atoms with Crippen molar-refractivity contribution in [1.29, 1.82) is 0 Å². The second kappa shape index (κ2) is 5.83. The molecule has 2 unspecified atom stereocenters. The molecular weight excluding hydrogens is 252 g/mol. The van der Waals surface area contributed by atoms with Crippen molar-refractivity contribution in [2.45, 2.75) is 44.8 Å². The number of amides is 1. The van der Waals surface area contributed by atoms with Gasteiger partial charge >= 0.3 is 6.09 Å². The van der Waals surface area contributed by atoms with Crippen LogP contribution in [0.2, 0.25) is 0 Å². The van der Waals surface area contributed by atoms with Crippen LogP contribution in [0.1, 0.15) is 38.7 Å². The summed E-state index contributed by atoms with van der Waals surface area (Å²) in [4.78, 5) is 13.9. The van der Waals surface area contributed by atoms with Gasteiger partial charge < -0.3 is 15.4 Å². The summed E-state index contributed by atoms with van der Waals surface area (Å²) in [6, 6.07) is 10.2. The first kappa shape index (κ1) is 14.9. The lowest BCUT2D eigenvalue weighted by Crippen LogP contribution is -2.50. The van der Waals surface area contributed by atoms with Gasteiger partial charge in [0.25, 0.3) is 0 Å². The summed E-state index contributed by atoms with van der Waals surface area (Å²) < 4.78 is 5.44. The molecule has 1 saturated heterocycles. The van der Waals surface area contributed by atoms with E-state index in [1.807, 2.05) is 39.0 Å². The molecule has 2 atom stereocenters. The minimum absolute atomic E-state index is 0.00137. The minimum Gasteiger partial charge on any atom is -0.444 e. The Labute approximate surface area is 120 Å². The minimum atomic E-state index is -0.471. The summed E-state index contributed by atoms with van der Waals surface area (Å²) in [7, 11) is 0. The number of likely N-dealkylation sites (tertiary alicyclic amines) is 1. The molecule has 4 heteroatoms. The fraction of sp³-hybridized carbons (Fsp3) is 0.562. The quantitative estimate of drug-likeness (QED) is 0.858. The van der Waals surface area contributed by atoms with Crippen LogP contribution in [0, 0.1) is 0 Å². The molecule has 4 nitrogen and oxygen atoms in total. The molecule has 2 rings (SSSR count). The summed E-state index contributed by atoms with van der Waals surface area (Å²) in [6.07, 6.45) is 0.636. The average Bonchev–Trinajstić information content (AvgIpc) is 2.37. The Balaban J connectivity index is 2.07. The van der Waals surface area contributed by atoms with Crippen molar-refractivity contribution >= 4 is 6.09 Å². The van der Waals surface area contributed by atoms with Crippen LogP contribution in [0.4, 0.5) is 4.79 Å². The van der Waals surface area contributed by atoms with Gasteiger partial charge in [-0.2, -0.15) is 0 Å². The van der Waals surface area contributed by atoms with Gasteiger partial charge in [0, 0.05) is 25.0 Å². The number of carbonyl (C=O) groups is 1. The number of ether oxygens (including phenoxy) is 1. The van der Waals surface area contributed by atoms with Crippen molar-refractivity contribution in [3.05, 3.63) is 35.9 Å². The van der Waals surface area contributed by atoms with E-state index in [0.717, 1.165) is 6.42 Å². The highest BCUT2D eigenvalue weighted by molar-refractivity contribution is 5.68. The Kier molecular flexibility index (Phi) is 4.33. The van der Waals surface area contributed by atoms with E-state index in [9.17, 15) is 4.79 Å². The van der Waals surface area contributed by atoms with E-state index in [2.05, 4.69) is 12.1 Å². The molecule has 1 amide bonds. The van der Waals surface area contributed by atoms with Crippen LogP contribution in [0.5, 0.6) is 0 Å². The predicted octanol–water partition coefficient (Wildman–Crippen LogP) is 2.74. The van der Waals surface area contributed by atoms with Crippen LogP contribution in [-0.2, 0) is 4.74 Å². The molecule has 2 N–H and O–H groups in total. The summed E-state index contributed by atoms with van der Waals surface area (Å²) in [5, 5.41) is 0. The number of rotatable bonds is 1. The first-order valence-electron chi connectivity index (χ1n) is 7.13. The van der Waals surface area contributed by atoms with E-state index in [0.29, 0.717) is 13.1 Å². The molecule has 0 spiro atoms. The summed E-state index contributed by atoms with van der Waals surface area (Å²) in [5.41, 5.74) is 6.87. The third-order valence-corrected chi connectivity index (χ3v) is 3.41. The van der Waals surface area contributed by atoms with Crippen LogP contribution in [-0.4, -0.2) is 35.7 Å². The van der Waals surface area contributed by atoms with E-state index in [1.54, 1.807) is 4.90 Å². The Morgan fingerprint density at radius 1 is 1.25 bits per heavy atom. The van der Waals surface area contributed by atoms with Crippen molar-refractivity contribution in [2.75, 3.05) is 13.1 Å². The fourth-order valence-corrected chi connectivity index (χ4v) is 2.58. The van der Waals surface area contributed by atoms with Crippen molar-refractivity contribution in [3.63, 3.8) is 0 Å². The van der Waals surface area contributed by atoms with E-state index in [1.165, 1.54) is 5.56 Å². The monoisotopic (exact) mass is 276 g/mol. The largest absolute Gasteiger partial charge is 0.444 e. The Bertz CT molecular complexity index is 453. The highest BCUT2D eigenvalue weighted by Gasteiger charge is 2.31. The normalized spacial score (nSPS) is 23.5. The Morgan fingerprint density at radius 2 is 1.90 bits per heavy atom. The van der Waals surface area contributed by atoms with Gasteiger partial charge in [0.05, 0.1) is 0 Å². The SMILES string of the molecule is CC(C)(C)OC(=O)N1CC(N)CC(c2ccccc2)C1. The van der Waals surface area contributed by atoms with Crippen LogP contribution in [0.15, 0.2) is 30.3 Å². The predicted molar refractivity (Wildman–Crippen MR) is 79.6 cm³/mol. The van der Waals surface area contributed by atoms with Crippen LogP contribution in [0.3, 0.4) is 0 Å². The molecule has 1 aliphatic heterocycles. The summed E-state index contributed by atoms with van der Waals surface area (Å²) in [5.74, 6) is 0.285. The van der Waals surface area contributed by atoms with Crippen molar-refractivity contribution in [1.82, 2.24) is 4.90 Å². The van der Waals surface area contributed by atoms with Crippen LogP contribution >= 0.6 is 0 Å². The van der Waals surface area contributed by atoms with Crippen molar-refractivity contribution in [3.8, 4) is 0 Å². The first-order chi connectivity index (χ1) is 9.35. The van der Waals surface area contributed by atoms with Crippen molar-refractivity contribution in [2.24, 2.45) is 5.73 Å². The standard InChI is InChI=1S/C16H24N2O2/c1-16(2,3)20-15(19)18-10-13(9-14(17)11-18)12-7-5-4-6-8-12/h4-8,13-14H,9-11,17H2,1-3H3. The molecule has 1 heterocycles. The van der Waals surface area contributed by atoms with E-state index in [4.69, 9.17) is 10.5 Å². The third kappa shape index (κ3) is 3.97. The lowest BCUT2D eigenvalue weighted by molar-refractivity contribution is 0.0181. The molecule has 0 aromatic heterocycles. The van der Waals surface area contributed by atoms with E-state index in [-0.39, 0.29) is 18.1 Å². The second-order valence-corrected chi connectivity index (χ2v) is 6.49. The van der Waals surface area contributed by atoms with Gasteiger partial charge in [0.2, 0.25) is 0 Å². The molecule has 20 heavy (non-hydrogen) atoms. The number of nitrogens with zero attached hydrogens (tertiary/aromatic N) is 1. The number of nitrogens with two attached hydrogens (primary N) is 1. The third-order valence-electron chi connectivity index (χ3n) is 3.41. The Morgan fingerprint density at radius 3 is 2.50 bits per heavy atom. The number of hydrogen-bond acceptors (Lipinski definition) is 3. The lowest BCUT2D eigenvalue weighted by Gasteiger charge is -2.37. The zero-order valence-corrected chi connectivity index (χ0v) is 12.5. The number of piperidine rings is 1. The van der Waals surface area contributed by atoms with E-state index >= 15 is 0 Å². The maximum atomic E-state index is 12.2. The molecule has 0 aliphatic carbocycles. The van der Waals surface area contributed by atoms with E-state index < -0.39 is 5.60 Å². The molecular formula is C16H24N2O2. The number of hydrogen-bond donors (Lipinski definition) is 1. The van der Waals surface area contributed by atoms with Gasteiger partial charge in [0.15, 0.2) is 0 Å². The maximum absolute atomic E-state index is 12.2. The zero-order valence-electron chi connectivity index (χ0n) is 12.5. The fourth-order valence-electron chi connectivity index (χ4n) is 2.58. The molecule has 1 fully saturated rings. The summed E-state index contributed by atoms with van der Waals surface area (Å²) >= 11 is 0. The highest BCUT2D eigenvalue weighted by Crippen LogP contribution is 2.27.